The summed E-state index contributed by atoms with van der Waals surface area (Å²) in [5, 5.41) is 0. The average Bonchev–Trinajstić information content (AvgIpc) is 2.85. The number of hydrogen-bond donors (Lipinski definition) is 0. The van der Waals surface area contributed by atoms with Crippen LogP contribution in [0, 0.1) is 41.4 Å². The molecule has 0 bridgehead atoms. The van der Waals surface area contributed by atoms with Crippen molar-refractivity contribution in [3.05, 3.63) is 107 Å². The zero-order valence-corrected chi connectivity index (χ0v) is 27.4. The van der Waals surface area contributed by atoms with Crippen LogP contribution in [0.25, 0.3) is 0 Å². The summed E-state index contributed by atoms with van der Waals surface area (Å²) < 4.78 is 0. The Balaban J connectivity index is 1.80. The molecule has 0 aromatic carbocycles. The van der Waals surface area contributed by atoms with Gasteiger partial charge in [-0.2, -0.15) is 23.3 Å². The Hall–Kier alpha value is -2.78. The van der Waals surface area contributed by atoms with Crippen LogP contribution >= 0.6 is 0 Å². The van der Waals surface area contributed by atoms with Crippen molar-refractivity contribution in [3.8, 4) is 11.8 Å². The Morgan fingerprint density at radius 3 is 2.25 bits per heavy atom. The van der Waals surface area contributed by atoms with Gasteiger partial charge in [0, 0.05) is 6.42 Å². The fourth-order valence-electron chi connectivity index (χ4n) is 5.83. The van der Waals surface area contributed by atoms with Crippen molar-refractivity contribution in [1.82, 2.24) is 0 Å². The van der Waals surface area contributed by atoms with Gasteiger partial charge in [0.2, 0.25) is 0 Å². The van der Waals surface area contributed by atoms with Crippen LogP contribution in [0.3, 0.4) is 0 Å². The largest absolute Gasteiger partial charge is 0.265 e. The van der Waals surface area contributed by atoms with Gasteiger partial charge in [-0.05, 0) is 67.4 Å². The van der Waals surface area contributed by atoms with E-state index in [1.807, 2.05) is 0 Å². The summed E-state index contributed by atoms with van der Waals surface area (Å²) in [6.45, 7) is 22.7. The van der Waals surface area contributed by atoms with Crippen molar-refractivity contribution >= 4 is 0 Å². The lowest BCUT2D eigenvalue weighted by atomic mass is 9.71. The Labute approximate surface area is 248 Å². The molecule has 0 N–H and O–H groups in total. The van der Waals surface area contributed by atoms with Gasteiger partial charge in [0.25, 0.3) is 0 Å². The maximum atomic E-state index is 3.37. The van der Waals surface area contributed by atoms with E-state index in [0.29, 0.717) is 11.3 Å². The zero-order valence-electron chi connectivity index (χ0n) is 27.4. The highest BCUT2D eigenvalue weighted by Crippen LogP contribution is 2.42. The van der Waals surface area contributed by atoms with Crippen LogP contribution in [0.15, 0.2) is 93.7 Å². The molecule has 0 nitrogen and oxygen atoms in total. The maximum Gasteiger partial charge on any atom is 0.0153 e. The maximum absolute atomic E-state index is 3.37. The molecule has 0 heterocycles. The third-order valence-corrected chi connectivity index (χ3v) is 8.43. The lowest BCUT2D eigenvalue weighted by molar-refractivity contribution is 0.373. The molecular formula is C40H56-2. The van der Waals surface area contributed by atoms with Gasteiger partial charge in [-0.25, -0.2) is 12.8 Å². The van der Waals surface area contributed by atoms with Gasteiger partial charge >= 0.3 is 0 Å². The standard InChI is InChI=1S/C40H56/c1-31(19-13-21-33(3)25-27-37-35(5)23-15-29-39(37,7)8)17-11-12-18-32(2)20-14-22-34(4)26-28-38-36(6)24-16-30-40(38,9)10/h11-13,17-19,21,25-28,34H,15-16,22-24,29-30H2,1-10H3/q-2/b12-11+,19-13+,28-26+,31-17+,32-18+,33-25+. The molecule has 40 heavy (non-hydrogen) atoms. The van der Waals surface area contributed by atoms with Crippen LogP contribution in [0.4, 0.5) is 0 Å². The summed E-state index contributed by atoms with van der Waals surface area (Å²) in [7, 11) is 0. The molecule has 1 atom stereocenters. The van der Waals surface area contributed by atoms with Crippen LogP contribution in [-0.4, -0.2) is 0 Å². The molecule has 0 saturated heterocycles. The first-order chi connectivity index (χ1) is 18.8. The average molecular weight is 537 g/mol. The predicted octanol–water partition coefficient (Wildman–Crippen LogP) is 12.0. The Kier molecular flexibility index (Phi) is 13.3. The number of rotatable bonds is 10. The van der Waals surface area contributed by atoms with Gasteiger partial charge in [-0.1, -0.05) is 115 Å². The molecule has 0 fully saturated rings. The van der Waals surface area contributed by atoms with Crippen LogP contribution in [0.5, 0.6) is 0 Å². The molecule has 0 aromatic heterocycles. The van der Waals surface area contributed by atoms with Crippen molar-refractivity contribution in [2.45, 2.75) is 114 Å². The van der Waals surface area contributed by atoms with E-state index in [1.165, 1.54) is 60.8 Å². The molecule has 0 aliphatic heterocycles. The fourth-order valence-corrected chi connectivity index (χ4v) is 5.83. The second-order valence-corrected chi connectivity index (χ2v) is 13.5. The van der Waals surface area contributed by atoms with Gasteiger partial charge in [0.1, 0.15) is 0 Å². The van der Waals surface area contributed by atoms with Crippen molar-refractivity contribution in [2.75, 3.05) is 0 Å². The number of hydrogen-bond acceptors (Lipinski definition) is 0. The third-order valence-electron chi connectivity index (χ3n) is 8.43. The minimum Gasteiger partial charge on any atom is -0.265 e. The lowest BCUT2D eigenvalue weighted by Gasteiger charge is -2.40. The van der Waals surface area contributed by atoms with E-state index in [4.69, 9.17) is 0 Å². The van der Waals surface area contributed by atoms with Crippen molar-refractivity contribution < 1.29 is 0 Å². The molecule has 218 valence electrons. The SMILES string of the molecule is CC1=C(/C=C/C(C)CC#C/C(C)=C/C=C/C=C(C)/C=C/[CH-]/C(C)=C/[CH-]C2=C(C)CCCC2(C)C)C(C)(C)CCC1. The van der Waals surface area contributed by atoms with Crippen molar-refractivity contribution in [2.24, 2.45) is 16.7 Å². The fraction of sp³-hybridized carbons (Fsp3) is 0.500. The monoisotopic (exact) mass is 536 g/mol. The first kappa shape index (κ1) is 33.4. The normalized spacial score (nSPS) is 21.3. The second-order valence-electron chi connectivity index (χ2n) is 13.5. The molecule has 0 amide bonds. The Morgan fingerprint density at radius 2 is 1.57 bits per heavy atom. The Bertz CT molecular complexity index is 1160. The lowest BCUT2D eigenvalue weighted by Crippen LogP contribution is -2.20. The van der Waals surface area contributed by atoms with E-state index >= 15 is 0 Å². The quantitative estimate of drug-likeness (QED) is 0.148. The van der Waals surface area contributed by atoms with E-state index in [2.05, 4.69) is 149 Å². The molecule has 0 spiro atoms. The molecular weight excluding hydrogens is 480 g/mol. The molecule has 2 aliphatic rings. The van der Waals surface area contributed by atoms with Crippen molar-refractivity contribution in [3.63, 3.8) is 0 Å². The van der Waals surface area contributed by atoms with Gasteiger partial charge in [0.15, 0.2) is 0 Å². The van der Waals surface area contributed by atoms with E-state index in [-0.39, 0.29) is 5.41 Å². The summed E-state index contributed by atoms with van der Waals surface area (Å²) in [6, 6.07) is 0. The van der Waals surface area contributed by atoms with Gasteiger partial charge < -0.3 is 0 Å². The second kappa shape index (κ2) is 15.9. The summed E-state index contributed by atoms with van der Waals surface area (Å²) in [5.74, 6) is 7.14. The van der Waals surface area contributed by atoms with Crippen LogP contribution in [0.1, 0.15) is 114 Å². The zero-order chi connectivity index (χ0) is 29.8. The van der Waals surface area contributed by atoms with E-state index < -0.39 is 0 Å². The molecule has 2 aliphatic carbocycles. The molecule has 0 saturated carbocycles. The van der Waals surface area contributed by atoms with E-state index in [9.17, 15) is 0 Å². The first-order valence-corrected chi connectivity index (χ1v) is 15.4. The van der Waals surface area contributed by atoms with Gasteiger partial charge in [-0.15, -0.1) is 12.5 Å². The number of allylic oxidation sites excluding steroid dienone is 16. The predicted molar refractivity (Wildman–Crippen MR) is 180 cm³/mol. The minimum absolute atomic E-state index is 0.290. The molecule has 0 aromatic rings. The van der Waals surface area contributed by atoms with Crippen LogP contribution in [0.2, 0.25) is 0 Å². The summed E-state index contributed by atoms with van der Waals surface area (Å²) >= 11 is 0. The highest BCUT2D eigenvalue weighted by molar-refractivity contribution is 5.38. The summed E-state index contributed by atoms with van der Waals surface area (Å²) in [5.41, 5.74) is 10.3. The first-order valence-electron chi connectivity index (χ1n) is 15.4. The Morgan fingerprint density at radius 1 is 0.925 bits per heavy atom. The highest BCUT2D eigenvalue weighted by Gasteiger charge is 2.26. The van der Waals surface area contributed by atoms with Crippen LogP contribution < -0.4 is 0 Å². The highest BCUT2D eigenvalue weighted by atomic mass is 14.3. The topological polar surface area (TPSA) is 0 Å². The minimum atomic E-state index is 0.290. The van der Waals surface area contributed by atoms with Gasteiger partial charge in [-0.3, -0.25) is 11.6 Å². The summed E-state index contributed by atoms with van der Waals surface area (Å²) in [4.78, 5) is 0. The molecule has 1 unspecified atom stereocenters. The molecule has 0 radical (unpaired) electrons. The molecule has 2 rings (SSSR count). The third kappa shape index (κ3) is 11.4. The summed E-state index contributed by atoms with van der Waals surface area (Å²) in [6.07, 6.45) is 32.8. The van der Waals surface area contributed by atoms with E-state index in [0.717, 1.165) is 12.0 Å². The van der Waals surface area contributed by atoms with E-state index in [1.54, 1.807) is 11.1 Å². The molecule has 0 heteroatoms. The van der Waals surface area contributed by atoms with Gasteiger partial charge in [0.05, 0.1) is 0 Å². The van der Waals surface area contributed by atoms with Crippen LogP contribution in [-0.2, 0) is 0 Å². The smallest absolute Gasteiger partial charge is 0.0153 e. The van der Waals surface area contributed by atoms with Crippen molar-refractivity contribution in [1.29, 1.82) is 0 Å².